The van der Waals surface area contributed by atoms with Crippen molar-refractivity contribution in [2.24, 2.45) is 0 Å². The van der Waals surface area contributed by atoms with Crippen LogP contribution in [0.15, 0.2) is 36.9 Å². The summed E-state index contributed by atoms with van der Waals surface area (Å²) in [5, 5.41) is 14.5. The number of nitrogens with zero attached hydrogens (tertiary/aromatic N) is 3. The van der Waals surface area contributed by atoms with E-state index in [2.05, 4.69) is 10.1 Å². The summed E-state index contributed by atoms with van der Waals surface area (Å²) in [5.41, 5.74) is 1.02. The van der Waals surface area contributed by atoms with Crippen LogP contribution in [0.3, 0.4) is 0 Å². The predicted molar refractivity (Wildman–Crippen MR) is 49.9 cm³/mol. The Bertz CT molecular complexity index is 465. The molecule has 0 atom stereocenters. The predicted octanol–water partition coefficient (Wildman–Crippen LogP) is -0.310. The minimum Gasteiger partial charge on any atom is -0.545 e. The van der Waals surface area contributed by atoms with E-state index in [1.807, 2.05) is 6.07 Å². The molecule has 1 aromatic carbocycles. The number of carbonyl (C=O) groups is 1. The van der Waals surface area contributed by atoms with Crippen LogP contribution in [0.4, 0.5) is 0 Å². The minimum atomic E-state index is -1.17. The average Bonchev–Trinajstić information content (AvgIpc) is 2.71. The van der Waals surface area contributed by atoms with Gasteiger partial charge in [-0.1, -0.05) is 18.2 Å². The van der Waals surface area contributed by atoms with Gasteiger partial charge in [0.05, 0.1) is 12.5 Å². The molecule has 0 aliphatic carbocycles. The third-order valence-electron chi connectivity index (χ3n) is 1.97. The molecule has 0 saturated heterocycles. The number of carboxylic acid groups (broad SMARTS) is 1. The zero-order chi connectivity index (χ0) is 10.7. The normalized spacial score (nSPS) is 10.1. The molecule has 0 saturated carbocycles. The molecule has 2 aromatic rings. The number of benzene rings is 1. The quantitative estimate of drug-likeness (QED) is 0.684. The van der Waals surface area contributed by atoms with Gasteiger partial charge in [-0.2, -0.15) is 5.10 Å². The Morgan fingerprint density at radius 1 is 1.47 bits per heavy atom. The molecule has 76 valence electrons. The topological polar surface area (TPSA) is 70.8 Å². The number of hydrogen-bond acceptors (Lipinski definition) is 4. The van der Waals surface area contributed by atoms with Gasteiger partial charge in [0.1, 0.15) is 12.7 Å². The summed E-state index contributed by atoms with van der Waals surface area (Å²) < 4.78 is 1.62. The number of aromatic nitrogens is 3. The fourth-order valence-corrected chi connectivity index (χ4v) is 1.30. The molecule has 0 radical (unpaired) electrons. The number of aromatic carboxylic acids is 1. The van der Waals surface area contributed by atoms with Crippen LogP contribution < -0.4 is 5.11 Å². The molecule has 1 aromatic heterocycles. The van der Waals surface area contributed by atoms with Gasteiger partial charge in [-0.25, -0.2) is 9.67 Å². The van der Waals surface area contributed by atoms with E-state index in [0.717, 1.165) is 5.56 Å². The van der Waals surface area contributed by atoms with Gasteiger partial charge in [-0.15, -0.1) is 0 Å². The second-order valence-electron chi connectivity index (χ2n) is 3.08. The van der Waals surface area contributed by atoms with Crippen LogP contribution in [-0.4, -0.2) is 20.7 Å². The Morgan fingerprint density at radius 3 is 3.00 bits per heavy atom. The highest BCUT2D eigenvalue weighted by molar-refractivity contribution is 5.85. The first kappa shape index (κ1) is 9.39. The number of hydrogen-bond donors (Lipinski definition) is 0. The highest BCUT2D eigenvalue weighted by Crippen LogP contribution is 2.05. The molecular formula is C10H8N3O2-. The van der Waals surface area contributed by atoms with Crippen molar-refractivity contribution in [2.45, 2.75) is 6.54 Å². The van der Waals surface area contributed by atoms with E-state index in [1.54, 1.807) is 23.1 Å². The molecule has 0 aliphatic heterocycles. The molecule has 0 aliphatic rings. The SMILES string of the molecule is O=C([O-])c1cccc(Cn2cncn2)c1. The first-order valence-corrected chi connectivity index (χ1v) is 4.38. The second kappa shape index (κ2) is 3.91. The molecule has 0 bridgehead atoms. The maximum Gasteiger partial charge on any atom is 0.137 e. The Kier molecular flexibility index (Phi) is 2.45. The maximum absolute atomic E-state index is 10.6. The summed E-state index contributed by atoms with van der Waals surface area (Å²) >= 11 is 0. The molecule has 2 rings (SSSR count). The lowest BCUT2D eigenvalue weighted by Gasteiger charge is -2.05. The van der Waals surface area contributed by atoms with Gasteiger partial charge < -0.3 is 9.90 Å². The summed E-state index contributed by atoms with van der Waals surface area (Å²) in [6, 6.07) is 6.57. The van der Waals surface area contributed by atoms with Crippen LogP contribution in [-0.2, 0) is 6.54 Å². The highest BCUT2D eigenvalue weighted by Gasteiger charge is 1.98. The van der Waals surface area contributed by atoms with Crippen LogP contribution in [0.2, 0.25) is 0 Å². The first-order chi connectivity index (χ1) is 7.25. The molecule has 15 heavy (non-hydrogen) atoms. The Morgan fingerprint density at radius 2 is 2.33 bits per heavy atom. The molecule has 0 amide bonds. The monoisotopic (exact) mass is 202 g/mol. The van der Waals surface area contributed by atoms with Gasteiger partial charge in [0, 0.05) is 0 Å². The standard InChI is InChI=1S/C10H9N3O2/c14-10(15)9-3-1-2-8(4-9)5-13-7-11-6-12-13/h1-4,6-7H,5H2,(H,14,15)/p-1. The third kappa shape index (κ3) is 2.19. The maximum atomic E-state index is 10.6. The van der Waals surface area contributed by atoms with Crippen molar-refractivity contribution in [1.29, 1.82) is 0 Å². The lowest BCUT2D eigenvalue weighted by molar-refractivity contribution is -0.255. The van der Waals surface area contributed by atoms with E-state index in [-0.39, 0.29) is 5.56 Å². The Balaban J connectivity index is 2.22. The number of carbonyl (C=O) groups excluding carboxylic acids is 1. The van der Waals surface area contributed by atoms with Crippen molar-refractivity contribution >= 4 is 5.97 Å². The summed E-state index contributed by atoms with van der Waals surface area (Å²) in [7, 11) is 0. The van der Waals surface area contributed by atoms with E-state index >= 15 is 0 Å². The van der Waals surface area contributed by atoms with Crippen molar-refractivity contribution in [3.8, 4) is 0 Å². The van der Waals surface area contributed by atoms with Crippen molar-refractivity contribution in [1.82, 2.24) is 14.8 Å². The summed E-state index contributed by atoms with van der Waals surface area (Å²) in [6.45, 7) is 0.501. The fourth-order valence-electron chi connectivity index (χ4n) is 1.30. The smallest absolute Gasteiger partial charge is 0.137 e. The van der Waals surface area contributed by atoms with Gasteiger partial charge in [0.2, 0.25) is 0 Å². The molecule has 0 spiro atoms. The fraction of sp³-hybridized carbons (Fsp3) is 0.100. The lowest BCUT2D eigenvalue weighted by atomic mass is 10.1. The van der Waals surface area contributed by atoms with Crippen LogP contribution in [0.25, 0.3) is 0 Å². The molecule has 1 heterocycles. The lowest BCUT2D eigenvalue weighted by Crippen LogP contribution is -2.22. The molecule has 5 nitrogen and oxygen atoms in total. The zero-order valence-electron chi connectivity index (χ0n) is 7.83. The van der Waals surface area contributed by atoms with Gasteiger partial charge in [0.15, 0.2) is 0 Å². The summed E-state index contributed by atoms with van der Waals surface area (Å²) in [6.07, 6.45) is 3.01. The van der Waals surface area contributed by atoms with Crippen molar-refractivity contribution < 1.29 is 9.90 Å². The number of carboxylic acids is 1. The van der Waals surface area contributed by atoms with E-state index in [0.29, 0.717) is 6.54 Å². The molecule has 0 fully saturated rings. The van der Waals surface area contributed by atoms with E-state index in [1.165, 1.54) is 12.4 Å². The second-order valence-corrected chi connectivity index (χ2v) is 3.08. The third-order valence-corrected chi connectivity index (χ3v) is 1.97. The van der Waals surface area contributed by atoms with E-state index in [4.69, 9.17) is 0 Å². The van der Waals surface area contributed by atoms with Crippen LogP contribution in [0.5, 0.6) is 0 Å². The molecule has 0 N–H and O–H groups in total. The van der Waals surface area contributed by atoms with Gasteiger partial charge in [-0.3, -0.25) is 0 Å². The van der Waals surface area contributed by atoms with Crippen LogP contribution >= 0.6 is 0 Å². The molecule has 0 unspecified atom stereocenters. The van der Waals surface area contributed by atoms with Crippen LogP contribution in [0, 0.1) is 0 Å². The average molecular weight is 202 g/mol. The first-order valence-electron chi connectivity index (χ1n) is 4.38. The van der Waals surface area contributed by atoms with E-state index in [9.17, 15) is 9.90 Å². The summed E-state index contributed by atoms with van der Waals surface area (Å²) in [5.74, 6) is -1.17. The van der Waals surface area contributed by atoms with Crippen molar-refractivity contribution in [3.05, 3.63) is 48.0 Å². The van der Waals surface area contributed by atoms with Gasteiger partial charge in [-0.05, 0) is 17.2 Å². The van der Waals surface area contributed by atoms with Gasteiger partial charge >= 0.3 is 0 Å². The van der Waals surface area contributed by atoms with Crippen molar-refractivity contribution in [2.75, 3.05) is 0 Å². The molecule has 5 heteroatoms. The number of rotatable bonds is 3. The Labute approximate surface area is 86.0 Å². The zero-order valence-corrected chi connectivity index (χ0v) is 7.83. The highest BCUT2D eigenvalue weighted by atomic mass is 16.4. The Hall–Kier alpha value is -2.17. The largest absolute Gasteiger partial charge is 0.545 e. The van der Waals surface area contributed by atoms with Crippen molar-refractivity contribution in [3.63, 3.8) is 0 Å². The van der Waals surface area contributed by atoms with Gasteiger partial charge in [0.25, 0.3) is 0 Å². The molecular weight excluding hydrogens is 194 g/mol. The summed E-state index contributed by atoms with van der Waals surface area (Å²) in [4.78, 5) is 14.4. The van der Waals surface area contributed by atoms with Crippen LogP contribution in [0.1, 0.15) is 15.9 Å². The van der Waals surface area contributed by atoms with E-state index < -0.39 is 5.97 Å². The minimum absolute atomic E-state index is 0.174.